The van der Waals surface area contributed by atoms with Gasteiger partial charge in [-0.25, -0.2) is 13.4 Å². The van der Waals surface area contributed by atoms with Crippen LogP contribution in [0.15, 0.2) is 64.9 Å². The fourth-order valence-corrected chi connectivity index (χ4v) is 6.78. The van der Waals surface area contributed by atoms with E-state index in [-0.39, 0.29) is 10.8 Å². The summed E-state index contributed by atoms with van der Waals surface area (Å²) in [4.78, 5) is 17.8. The van der Waals surface area contributed by atoms with Crippen LogP contribution in [0.5, 0.6) is 0 Å². The van der Waals surface area contributed by atoms with Crippen LogP contribution in [-0.2, 0) is 27.7 Å². The molecule has 1 aromatic heterocycles. The second-order valence-electron chi connectivity index (χ2n) is 9.07. The molecule has 34 heavy (non-hydrogen) atoms. The number of carbonyl (C=O) groups is 1. The summed E-state index contributed by atoms with van der Waals surface area (Å²) in [6, 6.07) is 16.4. The Morgan fingerprint density at radius 2 is 1.88 bits per heavy atom. The zero-order valence-corrected chi connectivity index (χ0v) is 21.2. The minimum Gasteiger partial charge on any atom is -0.354 e. The molecule has 1 fully saturated rings. The fourth-order valence-electron chi connectivity index (χ4n) is 4.26. The summed E-state index contributed by atoms with van der Waals surface area (Å²) in [6.07, 6.45) is 2.72. The molecule has 0 aliphatic carbocycles. The first kappa shape index (κ1) is 24.6. The number of amides is 1. The lowest BCUT2D eigenvalue weighted by Crippen LogP contribution is -2.46. The molecule has 3 aromatic rings. The van der Waals surface area contributed by atoms with E-state index in [1.807, 2.05) is 47.8 Å². The van der Waals surface area contributed by atoms with Crippen molar-refractivity contribution in [3.63, 3.8) is 0 Å². The van der Waals surface area contributed by atoms with E-state index < -0.39 is 16.1 Å². The summed E-state index contributed by atoms with van der Waals surface area (Å²) in [5, 5.41) is 5.88. The normalized spacial score (nSPS) is 16.7. The summed E-state index contributed by atoms with van der Waals surface area (Å²) in [7, 11) is -3.72. The Morgan fingerprint density at radius 3 is 2.59 bits per heavy atom. The smallest absolute Gasteiger partial charge is 0.243 e. The average Bonchev–Trinajstić information content (AvgIpc) is 3.50. The molecule has 0 radical (unpaired) electrons. The molecular formula is C26H31N3O3S2. The van der Waals surface area contributed by atoms with Gasteiger partial charge < -0.3 is 5.32 Å². The van der Waals surface area contributed by atoms with Crippen molar-refractivity contribution in [2.45, 2.75) is 50.5 Å². The van der Waals surface area contributed by atoms with Crippen LogP contribution >= 0.6 is 11.3 Å². The second kappa shape index (κ2) is 10.8. The van der Waals surface area contributed by atoms with Gasteiger partial charge in [-0.15, -0.1) is 11.3 Å². The molecule has 8 heteroatoms. The number of hydrogen-bond donors (Lipinski definition) is 1. The van der Waals surface area contributed by atoms with Crippen LogP contribution < -0.4 is 5.32 Å². The van der Waals surface area contributed by atoms with Crippen molar-refractivity contribution in [3.8, 4) is 10.6 Å². The topological polar surface area (TPSA) is 79.4 Å². The third-order valence-electron chi connectivity index (χ3n) is 5.93. The predicted octanol–water partition coefficient (Wildman–Crippen LogP) is 4.52. The third kappa shape index (κ3) is 5.74. The lowest BCUT2D eigenvalue weighted by Gasteiger charge is -2.23. The van der Waals surface area contributed by atoms with Crippen LogP contribution in [0.3, 0.4) is 0 Å². The number of benzene rings is 2. The number of thiazole rings is 1. The summed E-state index contributed by atoms with van der Waals surface area (Å²) in [5.41, 5.74) is 3.11. The highest BCUT2D eigenvalue weighted by atomic mass is 32.2. The van der Waals surface area contributed by atoms with Crippen molar-refractivity contribution in [3.05, 3.63) is 71.2 Å². The molecular weight excluding hydrogens is 466 g/mol. The van der Waals surface area contributed by atoms with Crippen molar-refractivity contribution < 1.29 is 13.2 Å². The molecule has 2 aromatic carbocycles. The fraction of sp³-hybridized carbons (Fsp3) is 0.385. The van der Waals surface area contributed by atoms with Crippen LogP contribution in [0.2, 0.25) is 0 Å². The third-order valence-corrected chi connectivity index (χ3v) is 8.80. The molecule has 180 valence electrons. The van der Waals surface area contributed by atoms with Gasteiger partial charge in [0.2, 0.25) is 15.9 Å². The lowest BCUT2D eigenvalue weighted by atomic mass is 10.0. The Bertz CT molecular complexity index is 1210. The van der Waals surface area contributed by atoms with Crippen LogP contribution in [0.25, 0.3) is 10.6 Å². The molecule has 6 nitrogen and oxygen atoms in total. The van der Waals surface area contributed by atoms with Crippen molar-refractivity contribution in [2.24, 2.45) is 5.92 Å². The highest BCUT2D eigenvalue weighted by Crippen LogP contribution is 2.27. The zero-order chi connectivity index (χ0) is 24.1. The summed E-state index contributed by atoms with van der Waals surface area (Å²) >= 11 is 1.58. The number of aromatic nitrogens is 1. The molecule has 0 saturated carbocycles. The number of hydrogen-bond acceptors (Lipinski definition) is 5. The second-order valence-corrected chi connectivity index (χ2v) is 11.8. The van der Waals surface area contributed by atoms with Gasteiger partial charge in [-0.05, 0) is 42.9 Å². The van der Waals surface area contributed by atoms with Crippen molar-refractivity contribution in [2.75, 3.05) is 13.1 Å². The highest BCUT2D eigenvalue weighted by Gasteiger charge is 2.39. The molecule has 0 spiro atoms. The van der Waals surface area contributed by atoms with Gasteiger partial charge in [-0.3, -0.25) is 4.79 Å². The molecule has 0 bridgehead atoms. The van der Waals surface area contributed by atoms with Crippen molar-refractivity contribution in [1.82, 2.24) is 14.6 Å². The summed E-state index contributed by atoms with van der Waals surface area (Å²) < 4.78 is 27.9. The van der Waals surface area contributed by atoms with Crippen LogP contribution in [0.4, 0.5) is 0 Å². The summed E-state index contributed by atoms with van der Waals surface area (Å²) in [5.74, 6) is 0.263. The Kier molecular flexibility index (Phi) is 7.80. The quantitative estimate of drug-likeness (QED) is 0.471. The predicted molar refractivity (Wildman–Crippen MR) is 136 cm³/mol. The standard InChI is InChI=1S/C26H31N3O3S2/c1-19(2)17-20-10-12-23(13-11-20)34(31,32)29-16-6-9-24(29)25(30)27-15-14-22-18-33-26(28-22)21-7-4-3-5-8-21/h3-5,7-8,10-13,18-19,24H,6,9,14-17H2,1-2H3,(H,27,30)/t24-/m1/s1. The van der Waals surface area contributed by atoms with Crippen molar-refractivity contribution >= 4 is 27.3 Å². The SMILES string of the molecule is CC(C)Cc1ccc(S(=O)(=O)N2CCC[C@@H]2C(=O)NCCc2csc(-c3ccccc3)n2)cc1. The van der Waals surface area contributed by atoms with Gasteiger partial charge in [-0.1, -0.05) is 56.3 Å². The maximum absolute atomic E-state index is 13.3. The Hall–Kier alpha value is -2.55. The van der Waals surface area contributed by atoms with Crippen LogP contribution in [0.1, 0.15) is 37.9 Å². The molecule has 4 rings (SSSR count). The first-order chi connectivity index (χ1) is 16.3. The lowest BCUT2D eigenvalue weighted by molar-refractivity contribution is -0.124. The average molecular weight is 498 g/mol. The van der Waals surface area contributed by atoms with Gasteiger partial charge in [-0.2, -0.15) is 4.31 Å². The maximum atomic E-state index is 13.3. The van der Waals surface area contributed by atoms with E-state index >= 15 is 0 Å². The van der Waals surface area contributed by atoms with E-state index in [4.69, 9.17) is 0 Å². The van der Waals surface area contributed by atoms with Gasteiger partial charge in [0.25, 0.3) is 0 Å². The first-order valence-corrected chi connectivity index (χ1v) is 14.0. The highest BCUT2D eigenvalue weighted by molar-refractivity contribution is 7.89. The molecule has 1 amide bonds. The minimum atomic E-state index is -3.72. The first-order valence-electron chi connectivity index (χ1n) is 11.7. The molecule has 0 unspecified atom stereocenters. The number of carbonyl (C=O) groups excluding carboxylic acids is 1. The van der Waals surface area contributed by atoms with Gasteiger partial charge in [0.15, 0.2) is 0 Å². The van der Waals surface area contributed by atoms with E-state index in [2.05, 4.69) is 24.1 Å². The van der Waals surface area contributed by atoms with E-state index in [9.17, 15) is 13.2 Å². The summed E-state index contributed by atoms with van der Waals surface area (Å²) in [6.45, 7) is 5.05. The molecule has 2 heterocycles. The van der Waals surface area contributed by atoms with Gasteiger partial charge in [0.05, 0.1) is 10.6 Å². The number of nitrogens with one attached hydrogen (secondary N) is 1. The van der Waals surface area contributed by atoms with Gasteiger partial charge in [0, 0.05) is 30.5 Å². The molecule has 1 aliphatic rings. The van der Waals surface area contributed by atoms with E-state index in [1.165, 1.54) is 4.31 Å². The maximum Gasteiger partial charge on any atom is 0.243 e. The van der Waals surface area contributed by atoms with Gasteiger partial charge >= 0.3 is 0 Å². The molecule has 1 saturated heterocycles. The Labute approximate surface area is 206 Å². The van der Waals surface area contributed by atoms with E-state index in [0.717, 1.165) is 28.2 Å². The molecule has 1 N–H and O–H groups in total. The van der Waals surface area contributed by atoms with Crippen LogP contribution in [0, 0.1) is 5.92 Å². The minimum absolute atomic E-state index is 0.240. The Balaban J connectivity index is 1.35. The van der Waals surface area contributed by atoms with Crippen molar-refractivity contribution in [1.29, 1.82) is 0 Å². The monoisotopic (exact) mass is 497 g/mol. The molecule has 1 aliphatic heterocycles. The zero-order valence-electron chi connectivity index (χ0n) is 19.6. The van der Waals surface area contributed by atoms with E-state index in [0.29, 0.717) is 38.3 Å². The number of rotatable bonds is 9. The Morgan fingerprint density at radius 1 is 1.15 bits per heavy atom. The number of sulfonamides is 1. The van der Waals surface area contributed by atoms with E-state index in [1.54, 1.807) is 23.5 Å². The van der Waals surface area contributed by atoms with Crippen LogP contribution in [-0.4, -0.2) is 42.7 Å². The number of nitrogens with zero attached hydrogens (tertiary/aromatic N) is 2. The van der Waals surface area contributed by atoms with Gasteiger partial charge in [0.1, 0.15) is 11.0 Å². The molecule has 1 atom stereocenters. The largest absolute Gasteiger partial charge is 0.354 e.